The fourth-order valence-electron chi connectivity index (χ4n) is 4.61. The number of aryl methyl sites for hydroxylation is 1. The van der Waals surface area contributed by atoms with Crippen molar-refractivity contribution in [3.05, 3.63) is 41.9 Å². The maximum Gasteiger partial charge on any atom is 0.223 e. The largest absolute Gasteiger partial charge is 0.351 e. The van der Waals surface area contributed by atoms with Crippen LogP contribution < -0.4 is 16.4 Å². The molecule has 0 bridgehead atoms. The van der Waals surface area contributed by atoms with Gasteiger partial charge in [-0.05, 0) is 43.9 Å². The summed E-state index contributed by atoms with van der Waals surface area (Å²) < 4.78 is 0. The molecular weight excluding hydrogens is 432 g/mol. The van der Waals surface area contributed by atoms with Gasteiger partial charge in [0.2, 0.25) is 5.95 Å². The van der Waals surface area contributed by atoms with Gasteiger partial charge in [-0.1, -0.05) is 36.7 Å². The monoisotopic (exact) mass is 464 g/mol. The van der Waals surface area contributed by atoms with Crippen LogP contribution in [0.1, 0.15) is 49.8 Å². The van der Waals surface area contributed by atoms with E-state index in [1.165, 1.54) is 37.7 Å². The third kappa shape index (κ3) is 5.85. The van der Waals surface area contributed by atoms with Crippen LogP contribution in [0, 0.1) is 6.92 Å². The molecule has 0 aromatic carbocycles. The number of nitrogens with two attached hydrogens (primary N) is 1. The number of nitrogens with zero attached hydrogens (tertiary/aromatic N) is 5. The van der Waals surface area contributed by atoms with Crippen molar-refractivity contribution >= 4 is 28.2 Å². The van der Waals surface area contributed by atoms with Crippen LogP contribution in [-0.2, 0) is 6.54 Å². The van der Waals surface area contributed by atoms with Crippen LogP contribution in [0.15, 0.2) is 30.6 Å². The van der Waals surface area contributed by atoms with Gasteiger partial charge in [-0.2, -0.15) is 0 Å². The van der Waals surface area contributed by atoms with Crippen molar-refractivity contribution in [3.8, 4) is 10.6 Å². The van der Waals surface area contributed by atoms with Crippen LogP contribution in [0.5, 0.6) is 0 Å². The van der Waals surface area contributed by atoms with Gasteiger partial charge in [0, 0.05) is 49.8 Å². The van der Waals surface area contributed by atoms with Crippen LogP contribution in [0.2, 0.25) is 0 Å². The normalized spacial score (nSPS) is 19.6. The molecule has 2 aliphatic rings. The van der Waals surface area contributed by atoms with Crippen molar-refractivity contribution in [3.63, 3.8) is 0 Å². The zero-order valence-corrected chi connectivity index (χ0v) is 19.9. The molecule has 174 valence electrons. The molecule has 1 aliphatic heterocycles. The highest BCUT2D eigenvalue weighted by Crippen LogP contribution is 2.30. The lowest BCUT2D eigenvalue weighted by molar-refractivity contribution is 0.326. The lowest BCUT2D eigenvalue weighted by atomic mass is 9.96. The molecule has 8 nitrogen and oxygen atoms in total. The van der Waals surface area contributed by atoms with Gasteiger partial charge in [-0.3, -0.25) is 4.90 Å². The summed E-state index contributed by atoms with van der Waals surface area (Å²) in [4.78, 5) is 21.9. The molecule has 0 unspecified atom stereocenters. The average molecular weight is 465 g/mol. The number of hydrogen-bond acceptors (Lipinski definition) is 9. The topological polar surface area (TPSA) is 105 Å². The van der Waals surface area contributed by atoms with Crippen molar-refractivity contribution in [2.75, 3.05) is 23.7 Å². The predicted molar refractivity (Wildman–Crippen MR) is 134 cm³/mol. The van der Waals surface area contributed by atoms with E-state index in [-0.39, 0.29) is 0 Å². The fraction of sp³-hybridized carbons (Fsp3) is 0.500. The third-order valence-electron chi connectivity index (χ3n) is 6.33. The number of aromatic nitrogens is 4. The van der Waals surface area contributed by atoms with E-state index in [1.807, 2.05) is 31.5 Å². The minimum Gasteiger partial charge on any atom is -0.351 e. The van der Waals surface area contributed by atoms with Gasteiger partial charge < -0.3 is 16.4 Å². The Bertz CT molecular complexity index is 1060. The van der Waals surface area contributed by atoms with Crippen molar-refractivity contribution < 1.29 is 0 Å². The number of likely N-dealkylation sites (tertiary alicyclic amines) is 1. The highest BCUT2D eigenvalue weighted by molar-refractivity contribution is 7.18. The molecule has 4 heterocycles. The van der Waals surface area contributed by atoms with E-state index >= 15 is 0 Å². The minimum absolute atomic E-state index is 0.302. The first kappa shape index (κ1) is 22.2. The lowest BCUT2D eigenvalue weighted by Gasteiger charge is -2.22. The van der Waals surface area contributed by atoms with Crippen molar-refractivity contribution in [2.24, 2.45) is 5.73 Å². The quantitative estimate of drug-likeness (QED) is 0.475. The molecule has 9 heteroatoms. The predicted octanol–water partition coefficient (Wildman–Crippen LogP) is 4.32. The van der Waals surface area contributed by atoms with Crippen LogP contribution in [0.3, 0.4) is 0 Å². The van der Waals surface area contributed by atoms with E-state index in [2.05, 4.69) is 36.6 Å². The number of rotatable bonds is 7. The third-order valence-corrected chi connectivity index (χ3v) is 7.26. The number of thiazole rings is 1. The number of nitrogens with one attached hydrogen (secondary N) is 2. The molecule has 0 radical (unpaired) electrons. The Morgan fingerprint density at radius 1 is 1.09 bits per heavy atom. The lowest BCUT2D eigenvalue weighted by Crippen LogP contribution is -2.26. The molecule has 33 heavy (non-hydrogen) atoms. The van der Waals surface area contributed by atoms with E-state index < -0.39 is 0 Å². The highest BCUT2D eigenvalue weighted by atomic mass is 32.1. The Balaban J connectivity index is 1.23. The molecule has 5 rings (SSSR count). The molecular formula is C24H32N8S. The Morgan fingerprint density at radius 2 is 1.97 bits per heavy atom. The molecule has 1 aliphatic carbocycles. The summed E-state index contributed by atoms with van der Waals surface area (Å²) in [5.74, 6) is 1.51. The van der Waals surface area contributed by atoms with Crippen molar-refractivity contribution in [1.29, 1.82) is 0 Å². The van der Waals surface area contributed by atoms with E-state index in [0.29, 0.717) is 12.1 Å². The zero-order chi connectivity index (χ0) is 22.6. The Morgan fingerprint density at radius 3 is 2.73 bits per heavy atom. The van der Waals surface area contributed by atoms with Gasteiger partial charge in [0.1, 0.15) is 5.82 Å². The Kier molecular flexibility index (Phi) is 6.80. The SMILES string of the molecule is Cc1cc(-c2cnc(Nc3ccc(CN4CC[C@@H](N)C4)cn3)s2)nc(NC2CCCCC2)n1. The van der Waals surface area contributed by atoms with E-state index in [0.717, 1.165) is 59.2 Å². The zero-order valence-electron chi connectivity index (χ0n) is 19.1. The summed E-state index contributed by atoms with van der Waals surface area (Å²) >= 11 is 1.57. The Labute approximate surface area is 199 Å². The maximum atomic E-state index is 6.01. The second-order valence-corrected chi connectivity index (χ2v) is 10.2. The molecule has 2 fully saturated rings. The fourth-order valence-corrected chi connectivity index (χ4v) is 5.39. The molecule has 3 aromatic heterocycles. The van der Waals surface area contributed by atoms with Gasteiger partial charge in [0.15, 0.2) is 5.13 Å². The highest BCUT2D eigenvalue weighted by Gasteiger charge is 2.19. The van der Waals surface area contributed by atoms with Gasteiger partial charge in [0.25, 0.3) is 0 Å². The molecule has 0 spiro atoms. The molecule has 1 atom stereocenters. The van der Waals surface area contributed by atoms with Crippen molar-refractivity contribution in [1.82, 2.24) is 24.8 Å². The van der Waals surface area contributed by atoms with Crippen LogP contribution >= 0.6 is 11.3 Å². The van der Waals surface area contributed by atoms with E-state index in [1.54, 1.807) is 11.3 Å². The average Bonchev–Trinajstić information content (AvgIpc) is 3.44. The van der Waals surface area contributed by atoms with Gasteiger partial charge in [-0.15, -0.1) is 0 Å². The summed E-state index contributed by atoms with van der Waals surface area (Å²) in [5.41, 5.74) is 9.06. The summed E-state index contributed by atoms with van der Waals surface area (Å²) in [7, 11) is 0. The summed E-state index contributed by atoms with van der Waals surface area (Å²) in [6, 6.07) is 6.91. The van der Waals surface area contributed by atoms with Gasteiger partial charge in [-0.25, -0.2) is 19.9 Å². The summed E-state index contributed by atoms with van der Waals surface area (Å²) in [6.07, 6.45) is 11.1. The summed E-state index contributed by atoms with van der Waals surface area (Å²) in [5, 5.41) is 7.66. The van der Waals surface area contributed by atoms with Crippen LogP contribution in [0.25, 0.3) is 10.6 Å². The second kappa shape index (κ2) is 10.1. The molecule has 4 N–H and O–H groups in total. The summed E-state index contributed by atoms with van der Waals surface area (Å²) in [6.45, 7) is 4.93. The van der Waals surface area contributed by atoms with E-state index in [9.17, 15) is 0 Å². The Hall–Kier alpha value is -2.62. The molecule has 3 aromatic rings. The first-order chi connectivity index (χ1) is 16.1. The van der Waals surface area contributed by atoms with Crippen LogP contribution in [0.4, 0.5) is 16.9 Å². The molecule has 0 amide bonds. The second-order valence-electron chi connectivity index (χ2n) is 9.19. The smallest absolute Gasteiger partial charge is 0.223 e. The molecule has 1 saturated heterocycles. The number of anilines is 3. The first-order valence-electron chi connectivity index (χ1n) is 11.9. The first-order valence-corrected chi connectivity index (χ1v) is 12.7. The van der Waals surface area contributed by atoms with Crippen LogP contribution in [-0.4, -0.2) is 50.0 Å². The number of hydrogen-bond donors (Lipinski definition) is 3. The van der Waals surface area contributed by atoms with Gasteiger partial charge in [0.05, 0.1) is 10.6 Å². The maximum absolute atomic E-state index is 6.01. The van der Waals surface area contributed by atoms with Gasteiger partial charge >= 0.3 is 0 Å². The molecule has 1 saturated carbocycles. The number of pyridine rings is 1. The minimum atomic E-state index is 0.302. The van der Waals surface area contributed by atoms with E-state index in [4.69, 9.17) is 10.7 Å². The van der Waals surface area contributed by atoms with Crippen molar-refractivity contribution in [2.45, 2.75) is 64.1 Å². The standard InChI is InChI=1S/C24H32N8S/c1-16-11-20(30-23(28-16)29-19-5-3-2-4-6-19)21-13-27-24(33-21)31-22-8-7-17(12-26-22)14-32-10-9-18(25)15-32/h7-8,11-13,18-19H,2-6,9-10,14-15,25H2,1H3,(H,26,27,31)(H,28,29,30)/t18-/m1/s1.